The lowest BCUT2D eigenvalue weighted by Crippen LogP contribution is -2.45. The van der Waals surface area contributed by atoms with E-state index in [4.69, 9.17) is 5.73 Å². The van der Waals surface area contributed by atoms with Gasteiger partial charge in [-0.15, -0.1) is 0 Å². The van der Waals surface area contributed by atoms with Crippen LogP contribution in [0.15, 0.2) is 0 Å². The molecule has 1 unspecified atom stereocenters. The average Bonchev–Trinajstić information content (AvgIpc) is 2.24. The van der Waals surface area contributed by atoms with Crippen molar-refractivity contribution in [3.05, 3.63) is 0 Å². The van der Waals surface area contributed by atoms with E-state index in [1.807, 2.05) is 20.8 Å². The van der Waals surface area contributed by atoms with Crippen LogP contribution in [0.1, 0.15) is 53.4 Å². The molecule has 0 heterocycles. The summed E-state index contributed by atoms with van der Waals surface area (Å²) in [6.07, 6.45) is 3.67. The van der Waals surface area contributed by atoms with E-state index in [-0.39, 0.29) is 12.6 Å². The van der Waals surface area contributed by atoms with Gasteiger partial charge in [0.25, 0.3) is 0 Å². The highest BCUT2D eigenvalue weighted by Gasteiger charge is 2.31. The lowest BCUT2D eigenvalue weighted by molar-refractivity contribution is 0.340. The van der Waals surface area contributed by atoms with Crippen LogP contribution in [-0.4, -0.2) is 37.1 Å². The Morgan fingerprint density at radius 1 is 1.18 bits per heavy atom. The minimum Gasteiger partial charge on any atom is -0.329 e. The summed E-state index contributed by atoms with van der Waals surface area (Å²) in [4.78, 5) is 0. The Kier molecular flexibility index (Phi) is 8.00. The van der Waals surface area contributed by atoms with Crippen LogP contribution in [0.5, 0.6) is 0 Å². The van der Waals surface area contributed by atoms with E-state index in [1.165, 1.54) is 0 Å². The van der Waals surface area contributed by atoms with Gasteiger partial charge in [0, 0.05) is 19.1 Å². The smallest absolute Gasteiger partial charge is 0.218 e. The van der Waals surface area contributed by atoms with Crippen molar-refractivity contribution in [2.75, 3.05) is 13.1 Å². The van der Waals surface area contributed by atoms with Crippen molar-refractivity contribution in [1.29, 1.82) is 0 Å². The molecule has 0 aromatic heterocycles. The quantitative estimate of drug-likeness (QED) is 0.647. The van der Waals surface area contributed by atoms with Gasteiger partial charge in [-0.1, -0.05) is 26.7 Å². The van der Waals surface area contributed by atoms with E-state index in [9.17, 15) is 8.42 Å². The summed E-state index contributed by atoms with van der Waals surface area (Å²) in [5.74, 6) is 0. The topological polar surface area (TPSA) is 63.4 Å². The molecule has 0 amide bonds. The van der Waals surface area contributed by atoms with Gasteiger partial charge in [0.1, 0.15) is 0 Å². The van der Waals surface area contributed by atoms with Crippen LogP contribution in [0.3, 0.4) is 0 Å². The average molecular weight is 264 g/mol. The second-order valence-corrected chi connectivity index (χ2v) is 6.89. The number of unbranched alkanes of at least 4 members (excludes halogenated alkanes) is 2. The van der Waals surface area contributed by atoms with Crippen molar-refractivity contribution in [3.8, 4) is 0 Å². The molecule has 0 bridgehead atoms. The maximum atomic E-state index is 12.4. The van der Waals surface area contributed by atoms with E-state index in [2.05, 4.69) is 6.92 Å². The second kappa shape index (κ2) is 8.06. The molecule has 17 heavy (non-hydrogen) atoms. The number of hydrogen-bond acceptors (Lipinski definition) is 3. The first-order valence-electron chi connectivity index (χ1n) is 6.62. The first-order valence-corrected chi connectivity index (χ1v) is 8.12. The number of hydrogen-bond donors (Lipinski definition) is 1. The van der Waals surface area contributed by atoms with Gasteiger partial charge in [0.2, 0.25) is 10.0 Å². The molecular formula is C12H28N2O2S. The van der Waals surface area contributed by atoms with Crippen molar-refractivity contribution in [1.82, 2.24) is 4.31 Å². The third-order valence-corrected chi connectivity index (χ3v) is 5.65. The van der Waals surface area contributed by atoms with Crippen LogP contribution >= 0.6 is 0 Å². The lowest BCUT2D eigenvalue weighted by atomic mass is 10.2. The fraction of sp³-hybridized carbons (Fsp3) is 1.00. The molecule has 5 heteroatoms. The third kappa shape index (κ3) is 4.94. The maximum Gasteiger partial charge on any atom is 0.218 e. The summed E-state index contributed by atoms with van der Waals surface area (Å²) >= 11 is 0. The Hall–Kier alpha value is -0.130. The predicted octanol–water partition coefficient (Wildman–Crippen LogP) is 1.95. The van der Waals surface area contributed by atoms with Gasteiger partial charge in [0.05, 0.1) is 5.25 Å². The van der Waals surface area contributed by atoms with Crippen LogP contribution in [0.2, 0.25) is 0 Å². The summed E-state index contributed by atoms with van der Waals surface area (Å²) in [5.41, 5.74) is 5.56. The normalized spacial score (nSPS) is 14.5. The van der Waals surface area contributed by atoms with Gasteiger partial charge in [0.15, 0.2) is 0 Å². The first-order chi connectivity index (χ1) is 7.91. The SMILES string of the molecule is CCCCCN(C(C)C)S(=O)(=O)C(CC)CN. The minimum absolute atomic E-state index is 0.0115. The Labute approximate surface area is 107 Å². The summed E-state index contributed by atoms with van der Waals surface area (Å²) in [5, 5.41) is -0.438. The zero-order valence-corrected chi connectivity index (χ0v) is 12.5. The second-order valence-electron chi connectivity index (χ2n) is 4.72. The molecule has 1 atom stereocenters. The molecule has 0 aromatic carbocycles. The highest BCUT2D eigenvalue weighted by molar-refractivity contribution is 7.89. The Morgan fingerprint density at radius 2 is 1.76 bits per heavy atom. The molecule has 0 saturated carbocycles. The van der Waals surface area contributed by atoms with E-state index < -0.39 is 15.3 Å². The molecule has 0 aliphatic rings. The zero-order valence-electron chi connectivity index (χ0n) is 11.6. The molecule has 0 radical (unpaired) electrons. The lowest BCUT2D eigenvalue weighted by Gasteiger charge is -2.29. The number of rotatable bonds is 9. The van der Waals surface area contributed by atoms with Crippen LogP contribution in [-0.2, 0) is 10.0 Å². The fourth-order valence-electron chi connectivity index (χ4n) is 1.89. The number of sulfonamides is 1. The highest BCUT2D eigenvalue weighted by Crippen LogP contribution is 2.16. The highest BCUT2D eigenvalue weighted by atomic mass is 32.2. The first kappa shape index (κ1) is 16.9. The van der Waals surface area contributed by atoms with Gasteiger partial charge in [-0.25, -0.2) is 8.42 Å². The molecule has 104 valence electrons. The zero-order chi connectivity index (χ0) is 13.5. The standard InChI is InChI=1S/C12H28N2O2S/c1-5-7-8-9-14(11(3)4)17(15,16)12(6-2)10-13/h11-12H,5-10,13H2,1-4H3. The van der Waals surface area contributed by atoms with Crippen molar-refractivity contribution < 1.29 is 8.42 Å². The van der Waals surface area contributed by atoms with E-state index >= 15 is 0 Å². The van der Waals surface area contributed by atoms with Crippen LogP contribution in [0.25, 0.3) is 0 Å². The van der Waals surface area contributed by atoms with Gasteiger partial charge in [-0.05, 0) is 26.7 Å². The Bertz CT molecular complexity index is 285. The van der Waals surface area contributed by atoms with Crippen LogP contribution in [0, 0.1) is 0 Å². The van der Waals surface area contributed by atoms with E-state index in [1.54, 1.807) is 4.31 Å². The van der Waals surface area contributed by atoms with Crippen molar-refractivity contribution >= 4 is 10.0 Å². The van der Waals surface area contributed by atoms with E-state index in [0.717, 1.165) is 19.3 Å². The number of nitrogens with two attached hydrogens (primary N) is 1. The van der Waals surface area contributed by atoms with Crippen molar-refractivity contribution in [2.24, 2.45) is 5.73 Å². The minimum atomic E-state index is -3.23. The third-order valence-electron chi connectivity index (χ3n) is 3.02. The molecule has 0 fully saturated rings. The summed E-state index contributed by atoms with van der Waals surface area (Å²) < 4.78 is 26.4. The van der Waals surface area contributed by atoms with Gasteiger partial charge in [-0.3, -0.25) is 0 Å². The molecule has 0 rings (SSSR count). The largest absolute Gasteiger partial charge is 0.329 e. The fourth-order valence-corrected chi connectivity index (χ4v) is 3.91. The van der Waals surface area contributed by atoms with Crippen LogP contribution < -0.4 is 5.73 Å². The predicted molar refractivity (Wildman–Crippen MR) is 73.4 cm³/mol. The summed E-state index contributed by atoms with van der Waals surface area (Å²) in [7, 11) is -3.23. The molecule has 4 nitrogen and oxygen atoms in total. The molecule has 0 spiro atoms. The van der Waals surface area contributed by atoms with Crippen molar-refractivity contribution in [2.45, 2.75) is 64.7 Å². The van der Waals surface area contributed by atoms with E-state index in [0.29, 0.717) is 13.0 Å². The van der Waals surface area contributed by atoms with Crippen molar-refractivity contribution in [3.63, 3.8) is 0 Å². The monoisotopic (exact) mass is 264 g/mol. The molecule has 0 saturated heterocycles. The molecule has 0 aromatic rings. The van der Waals surface area contributed by atoms with Crippen LogP contribution in [0.4, 0.5) is 0 Å². The molecular weight excluding hydrogens is 236 g/mol. The molecule has 0 aliphatic carbocycles. The van der Waals surface area contributed by atoms with Gasteiger partial charge in [-0.2, -0.15) is 4.31 Å². The Morgan fingerprint density at radius 3 is 2.12 bits per heavy atom. The Balaban J connectivity index is 4.78. The molecule has 0 aliphatic heterocycles. The summed E-state index contributed by atoms with van der Waals surface area (Å²) in [6, 6.07) is 0.0115. The molecule has 2 N–H and O–H groups in total. The van der Waals surface area contributed by atoms with Gasteiger partial charge < -0.3 is 5.73 Å². The maximum absolute atomic E-state index is 12.4. The number of nitrogens with zero attached hydrogens (tertiary/aromatic N) is 1. The summed E-state index contributed by atoms with van der Waals surface area (Å²) in [6.45, 7) is 8.65. The van der Waals surface area contributed by atoms with Gasteiger partial charge >= 0.3 is 0 Å².